The first-order chi connectivity index (χ1) is 4.91. The third-order valence-corrected chi connectivity index (χ3v) is 1.19. The Morgan fingerprint density at radius 3 is 1.40 bits per heavy atom. The van der Waals surface area contributed by atoms with Gasteiger partial charge in [0.2, 0.25) is 0 Å². The lowest BCUT2D eigenvalue weighted by Crippen LogP contribution is -2.28. The van der Waals surface area contributed by atoms with E-state index in [-0.39, 0.29) is 0 Å². The van der Waals surface area contributed by atoms with Crippen LogP contribution in [0.1, 0.15) is 12.8 Å². The fraction of sp³-hybridized carbons (Fsp3) is 0.750. The van der Waals surface area contributed by atoms with Crippen molar-refractivity contribution >= 4 is 0 Å². The summed E-state index contributed by atoms with van der Waals surface area (Å²) in [5.74, 6) is 0. The van der Waals surface area contributed by atoms with Crippen LogP contribution in [-0.2, 0) is 0 Å². The van der Waals surface area contributed by atoms with Crippen LogP contribution < -0.4 is 10.6 Å². The number of rotatable bonds is 7. The van der Waals surface area contributed by atoms with E-state index in [2.05, 4.69) is 24.5 Å². The van der Waals surface area contributed by atoms with Crippen LogP contribution in [-0.4, -0.2) is 26.2 Å². The lowest BCUT2D eigenvalue weighted by atomic mass is 10.4. The molecule has 60 valence electrons. The molecule has 0 saturated carbocycles. The zero-order chi connectivity index (χ0) is 7.66. The summed E-state index contributed by atoms with van der Waals surface area (Å²) in [6.07, 6.45) is 1.94. The van der Waals surface area contributed by atoms with Gasteiger partial charge in [-0.15, -0.1) is 0 Å². The monoisotopic (exact) mass is 142 g/mol. The lowest BCUT2D eigenvalue weighted by molar-refractivity contribution is 0.616. The Kier molecular flexibility index (Phi) is 8.85. The van der Waals surface area contributed by atoms with E-state index < -0.39 is 0 Å². The lowest BCUT2D eigenvalue weighted by Gasteiger charge is -2.03. The molecule has 0 aromatic carbocycles. The zero-order valence-corrected chi connectivity index (χ0v) is 6.66. The van der Waals surface area contributed by atoms with Crippen molar-refractivity contribution in [3.8, 4) is 0 Å². The van der Waals surface area contributed by atoms with Gasteiger partial charge in [0.15, 0.2) is 0 Å². The van der Waals surface area contributed by atoms with Crippen molar-refractivity contribution in [3.05, 3.63) is 13.8 Å². The van der Waals surface area contributed by atoms with Gasteiger partial charge in [0, 0.05) is 13.1 Å². The number of hydrogen-bond acceptors (Lipinski definition) is 2. The van der Waals surface area contributed by atoms with E-state index in [9.17, 15) is 0 Å². The van der Waals surface area contributed by atoms with E-state index in [0.717, 1.165) is 39.0 Å². The van der Waals surface area contributed by atoms with Gasteiger partial charge in [0.05, 0.1) is 0 Å². The molecule has 0 bridgehead atoms. The molecule has 0 unspecified atom stereocenters. The maximum atomic E-state index is 3.73. The molecule has 0 heterocycles. The molecule has 0 aliphatic heterocycles. The van der Waals surface area contributed by atoms with Crippen molar-refractivity contribution in [2.75, 3.05) is 26.2 Å². The standard InChI is InChI=1S/C8H18N2/c1-3-5-9-7-8-10-6-4-2/h9-10H,1-8H2. The van der Waals surface area contributed by atoms with Crippen LogP contribution in [0, 0.1) is 13.8 Å². The third kappa shape index (κ3) is 7.92. The predicted molar refractivity (Wildman–Crippen MR) is 45.7 cm³/mol. The summed E-state index contributed by atoms with van der Waals surface area (Å²) in [6.45, 7) is 11.6. The molecule has 2 radical (unpaired) electrons. The Balaban J connectivity index is 2.65. The molecule has 0 amide bonds. The van der Waals surface area contributed by atoms with E-state index in [1.165, 1.54) is 0 Å². The van der Waals surface area contributed by atoms with Crippen LogP contribution in [0.3, 0.4) is 0 Å². The summed E-state index contributed by atoms with van der Waals surface area (Å²) in [5.41, 5.74) is 0. The largest absolute Gasteiger partial charge is 0.315 e. The molecule has 2 nitrogen and oxygen atoms in total. The van der Waals surface area contributed by atoms with Crippen LogP contribution in [0.4, 0.5) is 0 Å². The quantitative estimate of drug-likeness (QED) is 0.509. The van der Waals surface area contributed by atoms with Crippen molar-refractivity contribution in [1.82, 2.24) is 10.6 Å². The van der Waals surface area contributed by atoms with Crippen molar-refractivity contribution < 1.29 is 0 Å². The number of hydrogen-bond donors (Lipinski definition) is 2. The van der Waals surface area contributed by atoms with Gasteiger partial charge in [-0.1, -0.05) is 13.8 Å². The summed E-state index contributed by atoms with van der Waals surface area (Å²) >= 11 is 0. The van der Waals surface area contributed by atoms with E-state index in [0.29, 0.717) is 0 Å². The van der Waals surface area contributed by atoms with Gasteiger partial charge >= 0.3 is 0 Å². The Hall–Kier alpha value is -0.0800. The van der Waals surface area contributed by atoms with Gasteiger partial charge in [-0.25, -0.2) is 0 Å². The molecular formula is C8H18N2. The maximum absolute atomic E-state index is 3.73. The van der Waals surface area contributed by atoms with Gasteiger partial charge in [0.25, 0.3) is 0 Å². The van der Waals surface area contributed by atoms with E-state index >= 15 is 0 Å². The normalized spacial score (nSPS) is 10.2. The molecule has 0 aliphatic carbocycles. The first-order valence-electron chi connectivity index (χ1n) is 3.91. The zero-order valence-electron chi connectivity index (χ0n) is 6.66. The third-order valence-electron chi connectivity index (χ3n) is 1.19. The fourth-order valence-electron chi connectivity index (χ4n) is 0.677. The minimum atomic E-state index is 0.968. The first kappa shape index (κ1) is 9.92. The summed E-state index contributed by atoms with van der Waals surface area (Å²) in [4.78, 5) is 0. The second-order valence-corrected chi connectivity index (χ2v) is 2.21. The van der Waals surface area contributed by atoms with Crippen molar-refractivity contribution in [3.63, 3.8) is 0 Å². The average Bonchev–Trinajstić information content (AvgIpc) is 1.97. The highest BCUT2D eigenvalue weighted by Crippen LogP contribution is 1.69. The first-order valence-corrected chi connectivity index (χ1v) is 3.91. The molecule has 0 saturated heterocycles. The van der Waals surface area contributed by atoms with Gasteiger partial charge in [-0.3, -0.25) is 0 Å². The molecule has 0 spiro atoms. The molecule has 0 aliphatic rings. The van der Waals surface area contributed by atoms with Gasteiger partial charge in [-0.05, 0) is 25.9 Å². The Morgan fingerprint density at radius 1 is 0.700 bits per heavy atom. The van der Waals surface area contributed by atoms with Crippen LogP contribution in [0.2, 0.25) is 0 Å². The SMILES string of the molecule is [CH2]CCNCCNCC[CH2]. The van der Waals surface area contributed by atoms with E-state index in [1.54, 1.807) is 0 Å². The molecule has 0 rings (SSSR count). The van der Waals surface area contributed by atoms with Crippen LogP contribution in [0.5, 0.6) is 0 Å². The second-order valence-electron chi connectivity index (χ2n) is 2.21. The predicted octanol–water partition coefficient (Wildman–Crippen LogP) is 0.614. The van der Waals surface area contributed by atoms with Crippen molar-refractivity contribution in [1.29, 1.82) is 0 Å². The van der Waals surface area contributed by atoms with Gasteiger partial charge in [-0.2, -0.15) is 0 Å². The smallest absolute Gasteiger partial charge is 0.00767 e. The van der Waals surface area contributed by atoms with E-state index in [4.69, 9.17) is 0 Å². The second kappa shape index (κ2) is 8.92. The molecule has 0 aromatic heterocycles. The highest BCUT2D eigenvalue weighted by molar-refractivity contribution is 4.53. The molecular weight excluding hydrogens is 124 g/mol. The summed E-state index contributed by atoms with van der Waals surface area (Å²) in [7, 11) is 0. The fourth-order valence-corrected chi connectivity index (χ4v) is 0.677. The molecule has 0 fully saturated rings. The molecule has 2 N–H and O–H groups in total. The minimum absolute atomic E-state index is 0.968. The van der Waals surface area contributed by atoms with Gasteiger partial charge < -0.3 is 10.6 Å². The topological polar surface area (TPSA) is 24.1 Å². The van der Waals surface area contributed by atoms with Crippen molar-refractivity contribution in [2.45, 2.75) is 12.8 Å². The minimum Gasteiger partial charge on any atom is -0.315 e. The number of nitrogens with one attached hydrogen (secondary N) is 2. The van der Waals surface area contributed by atoms with Crippen molar-refractivity contribution in [2.24, 2.45) is 0 Å². The Bertz CT molecular complexity index is 47.2. The summed E-state index contributed by atoms with van der Waals surface area (Å²) in [6, 6.07) is 0. The highest BCUT2D eigenvalue weighted by atomic mass is 14.9. The molecule has 0 atom stereocenters. The Labute approximate surface area is 64.4 Å². The summed E-state index contributed by atoms with van der Waals surface area (Å²) < 4.78 is 0. The average molecular weight is 142 g/mol. The molecule has 10 heavy (non-hydrogen) atoms. The Morgan fingerprint density at radius 2 is 1.10 bits per heavy atom. The molecule has 2 heteroatoms. The van der Waals surface area contributed by atoms with Crippen LogP contribution in [0.15, 0.2) is 0 Å². The van der Waals surface area contributed by atoms with Crippen LogP contribution >= 0.6 is 0 Å². The van der Waals surface area contributed by atoms with Gasteiger partial charge in [0.1, 0.15) is 0 Å². The summed E-state index contributed by atoms with van der Waals surface area (Å²) in [5, 5.41) is 6.50. The molecule has 0 aromatic rings. The van der Waals surface area contributed by atoms with E-state index in [1.807, 2.05) is 0 Å². The highest BCUT2D eigenvalue weighted by Gasteiger charge is 1.83. The maximum Gasteiger partial charge on any atom is 0.00767 e. The van der Waals surface area contributed by atoms with Crippen LogP contribution in [0.25, 0.3) is 0 Å².